The highest BCUT2D eigenvalue weighted by molar-refractivity contribution is 5.87. The Morgan fingerprint density at radius 2 is 1.86 bits per heavy atom. The molecule has 0 amide bonds. The number of aliphatic hydroxyl groups is 1. The Kier molecular flexibility index (Phi) is 5.99. The highest BCUT2D eigenvalue weighted by atomic mass is 16.5. The van der Waals surface area contributed by atoms with E-state index in [2.05, 4.69) is 34.9 Å². The highest BCUT2D eigenvalue weighted by Gasteiger charge is 2.07. The molecule has 1 atom stereocenters. The molecule has 2 aromatic rings. The van der Waals surface area contributed by atoms with E-state index in [9.17, 15) is 5.11 Å². The lowest BCUT2D eigenvalue weighted by atomic mass is 10.0. The lowest BCUT2D eigenvalue weighted by Gasteiger charge is -2.13. The minimum absolute atomic E-state index is 0.303. The first-order valence-corrected chi connectivity index (χ1v) is 7.36. The Morgan fingerprint density at radius 3 is 2.62 bits per heavy atom. The molecule has 0 saturated heterocycles. The number of aliphatic hydroxyl groups excluding tert-OH is 1. The Bertz CT molecular complexity index is 570. The molecule has 0 spiro atoms. The van der Waals surface area contributed by atoms with Crippen molar-refractivity contribution >= 4 is 10.8 Å². The van der Waals surface area contributed by atoms with Gasteiger partial charge in [-0.25, -0.2) is 0 Å². The fourth-order valence-electron chi connectivity index (χ4n) is 2.39. The summed E-state index contributed by atoms with van der Waals surface area (Å²) in [5.74, 6) is 0.915. The van der Waals surface area contributed by atoms with Gasteiger partial charge in [-0.3, -0.25) is 0 Å². The van der Waals surface area contributed by atoms with Crippen molar-refractivity contribution in [3.05, 3.63) is 42.0 Å². The summed E-state index contributed by atoms with van der Waals surface area (Å²) >= 11 is 0. The van der Waals surface area contributed by atoms with Gasteiger partial charge in [-0.05, 0) is 23.8 Å². The third-order valence-electron chi connectivity index (χ3n) is 3.44. The Labute approximate surface area is 126 Å². The van der Waals surface area contributed by atoms with Crippen molar-refractivity contribution in [2.45, 2.75) is 19.6 Å². The van der Waals surface area contributed by atoms with Gasteiger partial charge in [0.1, 0.15) is 5.75 Å². The van der Waals surface area contributed by atoms with Gasteiger partial charge >= 0.3 is 0 Å². The number of benzene rings is 2. The zero-order chi connectivity index (χ0) is 15.1. The van der Waals surface area contributed by atoms with Crippen molar-refractivity contribution in [3.63, 3.8) is 0 Å². The predicted octanol–water partition coefficient (Wildman–Crippen LogP) is 1.91. The first-order chi connectivity index (χ1) is 10.2. The molecule has 0 aliphatic carbocycles. The Morgan fingerprint density at radius 1 is 1.10 bits per heavy atom. The van der Waals surface area contributed by atoms with Crippen molar-refractivity contribution in [2.75, 3.05) is 26.7 Å². The normalized spacial score (nSPS) is 12.5. The molecule has 21 heavy (non-hydrogen) atoms. The predicted molar refractivity (Wildman–Crippen MR) is 86.8 cm³/mol. The van der Waals surface area contributed by atoms with Gasteiger partial charge in [0.25, 0.3) is 0 Å². The maximum atomic E-state index is 9.17. The van der Waals surface area contributed by atoms with Crippen molar-refractivity contribution < 1.29 is 9.84 Å². The number of nitrogens with one attached hydrogen (secondary N) is 2. The Hall–Kier alpha value is -1.62. The van der Waals surface area contributed by atoms with Crippen molar-refractivity contribution in [2.24, 2.45) is 0 Å². The molecule has 0 aliphatic heterocycles. The molecule has 0 heterocycles. The molecule has 3 N–H and O–H groups in total. The molecule has 4 nitrogen and oxygen atoms in total. The number of rotatable bonds is 8. The van der Waals surface area contributed by atoms with Crippen LogP contribution in [0, 0.1) is 0 Å². The molecular formula is C17H24N2O2. The fourth-order valence-corrected chi connectivity index (χ4v) is 2.39. The van der Waals surface area contributed by atoms with Crippen LogP contribution >= 0.6 is 0 Å². The summed E-state index contributed by atoms with van der Waals surface area (Å²) in [4.78, 5) is 0. The summed E-state index contributed by atoms with van der Waals surface area (Å²) in [5.41, 5.74) is 1.19. The molecule has 114 valence electrons. The van der Waals surface area contributed by atoms with Gasteiger partial charge in [-0.15, -0.1) is 0 Å². The van der Waals surface area contributed by atoms with E-state index < -0.39 is 0 Å². The largest absolute Gasteiger partial charge is 0.496 e. The molecule has 0 saturated carbocycles. The number of fused-ring (bicyclic) bond motifs is 1. The molecule has 4 heteroatoms. The molecule has 1 unspecified atom stereocenters. The lowest BCUT2D eigenvalue weighted by molar-refractivity contribution is 0.191. The molecule has 0 radical (unpaired) electrons. The number of methoxy groups -OCH3 is 1. The minimum Gasteiger partial charge on any atom is -0.496 e. The molecule has 0 bridgehead atoms. The highest BCUT2D eigenvalue weighted by Crippen LogP contribution is 2.27. The smallest absolute Gasteiger partial charge is 0.123 e. The number of hydrogen-bond donors (Lipinski definition) is 3. The van der Waals surface area contributed by atoms with Crippen LogP contribution in [0.4, 0.5) is 0 Å². The van der Waals surface area contributed by atoms with E-state index in [-0.39, 0.29) is 6.10 Å². The van der Waals surface area contributed by atoms with Crippen LogP contribution in [0.15, 0.2) is 36.4 Å². The summed E-state index contributed by atoms with van der Waals surface area (Å²) in [7, 11) is 1.71. The number of hydrogen-bond acceptors (Lipinski definition) is 4. The van der Waals surface area contributed by atoms with E-state index >= 15 is 0 Å². The van der Waals surface area contributed by atoms with Gasteiger partial charge in [0.2, 0.25) is 0 Å². The lowest BCUT2D eigenvalue weighted by Crippen LogP contribution is -2.31. The first-order valence-electron chi connectivity index (χ1n) is 7.36. The fraction of sp³-hybridized carbons (Fsp3) is 0.412. The van der Waals surface area contributed by atoms with E-state index in [0.29, 0.717) is 6.54 Å². The van der Waals surface area contributed by atoms with Crippen LogP contribution < -0.4 is 15.4 Å². The second-order valence-electron chi connectivity index (χ2n) is 5.20. The van der Waals surface area contributed by atoms with Crippen LogP contribution in [-0.4, -0.2) is 38.0 Å². The zero-order valence-corrected chi connectivity index (χ0v) is 12.7. The third-order valence-corrected chi connectivity index (χ3v) is 3.44. The van der Waals surface area contributed by atoms with Crippen LogP contribution in [0.5, 0.6) is 5.75 Å². The Balaban J connectivity index is 1.97. The summed E-state index contributed by atoms with van der Waals surface area (Å²) in [6.07, 6.45) is -0.303. The van der Waals surface area contributed by atoms with Crippen molar-refractivity contribution in [1.29, 1.82) is 0 Å². The molecule has 0 fully saturated rings. The second kappa shape index (κ2) is 7.98. The van der Waals surface area contributed by atoms with Gasteiger partial charge < -0.3 is 20.5 Å². The second-order valence-corrected chi connectivity index (χ2v) is 5.20. The van der Waals surface area contributed by atoms with Crippen LogP contribution in [-0.2, 0) is 6.54 Å². The van der Waals surface area contributed by atoms with Crippen LogP contribution in [0.25, 0.3) is 10.8 Å². The zero-order valence-electron chi connectivity index (χ0n) is 12.7. The van der Waals surface area contributed by atoms with Gasteiger partial charge in [-0.1, -0.05) is 30.3 Å². The standard InChI is InChI=1S/C17H24N2O2/c1-13(20)11-18-9-10-19-12-16-15-6-4-3-5-14(15)7-8-17(16)21-2/h3-8,13,18-20H,9-12H2,1-2H3. The monoisotopic (exact) mass is 288 g/mol. The van der Waals surface area contributed by atoms with Crippen molar-refractivity contribution in [3.8, 4) is 5.75 Å². The number of ether oxygens (including phenoxy) is 1. The first kappa shape index (κ1) is 15.8. The van der Waals surface area contributed by atoms with E-state index in [4.69, 9.17) is 4.74 Å². The third kappa shape index (κ3) is 4.43. The van der Waals surface area contributed by atoms with Crippen LogP contribution in [0.2, 0.25) is 0 Å². The summed E-state index contributed by atoms with van der Waals surface area (Å²) in [5, 5.41) is 18.2. The molecule has 0 aromatic heterocycles. The van der Waals surface area contributed by atoms with Gasteiger partial charge in [-0.2, -0.15) is 0 Å². The maximum absolute atomic E-state index is 9.17. The van der Waals surface area contributed by atoms with E-state index in [1.165, 1.54) is 16.3 Å². The minimum atomic E-state index is -0.303. The quantitative estimate of drug-likeness (QED) is 0.650. The molecule has 0 aliphatic rings. The molecule has 2 rings (SSSR count). The van der Waals surface area contributed by atoms with Crippen molar-refractivity contribution in [1.82, 2.24) is 10.6 Å². The van der Waals surface area contributed by atoms with Gasteiger partial charge in [0, 0.05) is 31.7 Å². The van der Waals surface area contributed by atoms with Gasteiger partial charge in [0.05, 0.1) is 13.2 Å². The van der Waals surface area contributed by atoms with Crippen LogP contribution in [0.1, 0.15) is 12.5 Å². The van der Waals surface area contributed by atoms with E-state index in [1.54, 1.807) is 14.0 Å². The maximum Gasteiger partial charge on any atom is 0.123 e. The topological polar surface area (TPSA) is 53.5 Å². The summed E-state index contributed by atoms with van der Waals surface area (Å²) in [6.45, 7) is 4.85. The summed E-state index contributed by atoms with van der Waals surface area (Å²) in [6, 6.07) is 12.4. The van der Waals surface area contributed by atoms with Gasteiger partial charge in [0.15, 0.2) is 0 Å². The molecule has 2 aromatic carbocycles. The average Bonchev–Trinajstić information content (AvgIpc) is 2.50. The average molecular weight is 288 g/mol. The van der Waals surface area contributed by atoms with E-state index in [1.807, 2.05) is 12.1 Å². The SMILES string of the molecule is COc1ccc2ccccc2c1CNCCNCC(C)O. The summed E-state index contributed by atoms with van der Waals surface area (Å²) < 4.78 is 5.47. The van der Waals surface area contributed by atoms with E-state index in [0.717, 1.165) is 25.4 Å². The van der Waals surface area contributed by atoms with Crippen LogP contribution in [0.3, 0.4) is 0 Å². The molecular weight excluding hydrogens is 264 g/mol.